The number of benzene rings is 2. The third kappa shape index (κ3) is 5.38. The fraction of sp³-hybridized carbons (Fsp3) is 0.409. The van der Waals surface area contributed by atoms with Gasteiger partial charge in [-0.1, -0.05) is 18.2 Å². The number of likely N-dealkylation sites (N-methyl/N-ethyl adjacent to an activating group) is 1. The van der Waals surface area contributed by atoms with Crippen molar-refractivity contribution in [2.45, 2.75) is 31.0 Å². The van der Waals surface area contributed by atoms with E-state index in [2.05, 4.69) is 0 Å². The molecule has 30 heavy (non-hydrogen) atoms. The number of carbonyl (C=O) groups excluding carboxylic acids is 1. The first kappa shape index (κ1) is 22.3. The van der Waals surface area contributed by atoms with Crippen molar-refractivity contribution >= 4 is 15.9 Å². The van der Waals surface area contributed by atoms with Crippen molar-refractivity contribution < 1.29 is 22.7 Å². The van der Waals surface area contributed by atoms with E-state index in [9.17, 15) is 13.2 Å². The molecule has 0 aliphatic carbocycles. The van der Waals surface area contributed by atoms with Crippen LogP contribution in [0.4, 0.5) is 0 Å². The monoisotopic (exact) mass is 432 g/mol. The maximum atomic E-state index is 12.9. The summed E-state index contributed by atoms with van der Waals surface area (Å²) in [5.41, 5.74) is 0.430. The molecule has 1 fully saturated rings. The van der Waals surface area contributed by atoms with Crippen molar-refractivity contribution in [3.63, 3.8) is 0 Å². The minimum Gasteiger partial charge on any atom is -0.492 e. The number of rotatable bonds is 7. The minimum absolute atomic E-state index is 0.156. The number of para-hydroxylation sites is 1. The van der Waals surface area contributed by atoms with Gasteiger partial charge in [-0.25, -0.2) is 8.42 Å². The van der Waals surface area contributed by atoms with Crippen LogP contribution in [0.15, 0.2) is 59.5 Å². The van der Waals surface area contributed by atoms with E-state index >= 15 is 0 Å². The van der Waals surface area contributed by atoms with Crippen LogP contribution in [0.3, 0.4) is 0 Å². The van der Waals surface area contributed by atoms with Gasteiger partial charge in [0.05, 0.1) is 23.6 Å². The molecule has 0 spiro atoms. The summed E-state index contributed by atoms with van der Waals surface area (Å²) in [5.74, 6) is 0.559. The number of morpholine rings is 1. The number of sulfonamides is 1. The Morgan fingerprint density at radius 3 is 2.27 bits per heavy atom. The predicted molar refractivity (Wildman–Crippen MR) is 114 cm³/mol. The van der Waals surface area contributed by atoms with E-state index in [1.807, 2.05) is 44.2 Å². The quantitative estimate of drug-likeness (QED) is 0.672. The van der Waals surface area contributed by atoms with E-state index in [0.717, 1.165) is 5.75 Å². The van der Waals surface area contributed by atoms with E-state index in [1.54, 1.807) is 24.1 Å². The number of ether oxygens (including phenoxy) is 2. The third-order valence-corrected chi connectivity index (χ3v) is 6.76. The second-order valence-electron chi connectivity index (χ2n) is 7.49. The molecule has 2 unspecified atom stereocenters. The lowest BCUT2D eigenvalue weighted by molar-refractivity contribution is -0.0440. The Morgan fingerprint density at radius 2 is 1.67 bits per heavy atom. The Morgan fingerprint density at radius 1 is 1.07 bits per heavy atom. The first-order valence-corrected chi connectivity index (χ1v) is 11.4. The van der Waals surface area contributed by atoms with Gasteiger partial charge in [-0.2, -0.15) is 4.31 Å². The fourth-order valence-electron chi connectivity index (χ4n) is 3.38. The van der Waals surface area contributed by atoms with Crippen LogP contribution in [-0.2, 0) is 14.8 Å². The molecule has 7 nitrogen and oxygen atoms in total. The molecule has 2 atom stereocenters. The molecule has 0 N–H and O–H groups in total. The van der Waals surface area contributed by atoms with Crippen molar-refractivity contribution in [2.24, 2.45) is 0 Å². The van der Waals surface area contributed by atoms with E-state index in [0.29, 0.717) is 31.8 Å². The topological polar surface area (TPSA) is 76.2 Å². The Balaban J connectivity index is 1.60. The zero-order valence-corrected chi connectivity index (χ0v) is 18.3. The average molecular weight is 433 g/mol. The SMILES string of the molecule is CC1CN(S(=O)(=O)c2ccc(C(=O)N(C)CCOc3ccccc3)cc2)CC(C)O1. The highest BCUT2D eigenvalue weighted by Crippen LogP contribution is 2.21. The van der Waals surface area contributed by atoms with Gasteiger partial charge in [-0.15, -0.1) is 0 Å². The van der Waals surface area contributed by atoms with Gasteiger partial charge in [0.15, 0.2) is 0 Å². The standard InChI is InChI=1S/C22H28N2O5S/c1-17-15-24(16-18(2)29-17)30(26,27)21-11-9-19(10-12-21)22(25)23(3)13-14-28-20-7-5-4-6-8-20/h4-12,17-18H,13-16H2,1-3H3. The summed E-state index contributed by atoms with van der Waals surface area (Å²) in [7, 11) is -1.93. The van der Waals surface area contributed by atoms with Crippen LogP contribution in [0.25, 0.3) is 0 Å². The highest BCUT2D eigenvalue weighted by molar-refractivity contribution is 7.89. The van der Waals surface area contributed by atoms with Gasteiger partial charge >= 0.3 is 0 Å². The molecule has 1 saturated heterocycles. The minimum atomic E-state index is -3.63. The van der Waals surface area contributed by atoms with Crippen molar-refractivity contribution in [3.8, 4) is 5.75 Å². The molecule has 0 saturated carbocycles. The van der Waals surface area contributed by atoms with Crippen LogP contribution in [-0.4, -0.2) is 69.0 Å². The second kappa shape index (κ2) is 9.59. The van der Waals surface area contributed by atoms with Crippen molar-refractivity contribution in [1.29, 1.82) is 0 Å². The smallest absolute Gasteiger partial charge is 0.253 e. The van der Waals surface area contributed by atoms with E-state index in [4.69, 9.17) is 9.47 Å². The van der Waals surface area contributed by atoms with Gasteiger partial charge in [0.25, 0.3) is 5.91 Å². The lowest BCUT2D eigenvalue weighted by Crippen LogP contribution is -2.48. The summed E-state index contributed by atoms with van der Waals surface area (Å²) in [5, 5.41) is 0. The Hall–Kier alpha value is -2.42. The summed E-state index contributed by atoms with van der Waals surface area (Å²) >= 11 is 0. The molecule has 3 rings (SSSR count). The van der Waals surface area contributed by atoms with Crippen molar-refractivity contribution in [2.75, 3.05) is 33.3 Å². The first-order chi connectivity index (χ1) is 14.3. The largest absolute Gasteiger partial charge is 0.492 e. The molecule has 1 heterocycles. The molecule has 2 aromatic carbocycles. The van der Waals surface area contributed by atoms with Crippen molar-refractivity contribution in [3.05, 3.63) is 60.2 Å². The summed E-state index contributed by atoms with van der Waals surface area (Å²) in [4.78, 5) is 14.4. The molecular formula is C22H28N2O5S. The highest BCUT2D eigenvalue weighted by atomic mass is 32.2. The van der Waals surface area contributed by atoms with Crippen LogP contribution >= 0.6 is 0 Å². The third-order valence-electron chi connectivity index (χ3n) is 4.91. The number of nitrogens with zero attached hydrogens (tertiary/aromatic N) is 2. The zero-order valence-electron chi connectivity index (χ0n) is 17.5. The number of hydrogen-bond acceptors (Lipinski definition) is 5. The summed E-state index contributed by atoms with van der Waals surface area (Å²) in [6, 6.07) is 15.5. The first-order valence-electron chi connectivity index (χ1n) is 9.96. The van der Waals surface area contributed by atoms with E-state index < -0.39 is 10.0 Å². The molecule has 8 heteroatoms. The van der Waals surface area contributed by atoms with E-state index in [-0.39, 0.29) is 23.0 Å². The van der Waals surface area contributed by atoms with Crippen LogP contribution < -0.4 is 4.74 Å². The Bertz CT molecular complexity index is 937. The van der Waals surface area contributed by atoms with Gasteiger partial charge in [0.1, 0.15) is 12.4 Å². The average Bonchev–Trinajstić information content (AvgIpc) is 2.73. The van der Waals surface area contributed by atoms with Gasteiger partial charge in [-0.3, -0.25) is 4.79 Å². The summed E-state index contributed by atoms with van der Waals surface area (Å²) < 4.78 is 38.5. The van der Waals surface area contributed by atoms with Gasteiger partial charge < -0.3 is 14.4 Å². The van der Waals surface area contributed by atoms with Crippen LogP contribution in [0.2, 0.25) is 0 Å². The molecule has 1 aliphatic rings. The molecule has 2 aromatic rings. The summed E-state index contributed by atoms with van der Waals surface area (Å²) in [6.45, 7) is 5.13. The van der Waals surface area contributed by atoms with Crippen molar-refractivity contribution in [1.82, 2.24) is 9.21 Å². The van der Waals surface area contributed by atoms with Gasteiger partial charge in [0, 0.05) is 25.7 Å². The lowest BCUT2D eigenvalue weighted by atomic mass is 10.2. The number of carbonyl (C=O) groups is 1. The van der Waals surface area contributed by atoms with Crippen LogP contribution in [0, 0.1) is 0 Å². The van der Waals surface area contributed by atoms with Gasteiger partial charge in [0.2, 0.25) is 10.0 Å². The van der Waals surface area contributed by atoms with Crippen LogP contribution in [0.1, 0.15) is 24.2 Å². The molecule has 1 amide bonds. The molecule has 0 aromatic heterocycles. The second-order valence-corrected chi connectivity index (χ2v) is 9.43. The normalized spacial score (nSPS) is 20.0. The molecule has 162 valence electrons. The Labute approximate surface area is 178 Å². The highest BCUT2D eigenvalue weighted by Gasteiger charge is 2.32. The van der Waals surface area contributed by atoms with E-state index in [1.165, 1.54) is 16.4 Å². The van der Waals surface area contributed by atoms with Crippen LogP contribution in [0.5, 0.6) is 5.75 Å². The lowest BCUT2D eigenvalue weighted by Gasteiger charge is -2.34. The molecule has 0 radical (unpaired) electrons. The molecular weight excluding hydrogens is 404 g/mol. The fourth-order valence-corrected chi connectivity index (χ4v) is 4.98. The molecule has 1 aliphatic heterocycles. The predicted octanol–water partition coefficient (Wildman–Crippen LogP) is 2.64. The maximum absolute atomic E-state index is 12.9. The Kier molecular flexibility index (Phi) is 7.12. The zero-order chi connectivity index (χ0) is 21.7. The summed E-state index contributed by atoms with van der Waals surface area (Å²) in [6.07, 6.45) is -0.313. The van der Waals surface area contributed by atoms with Gasteiger partial charge in [-0.05, 0) is 50.2 Å². The maximum Gasteiger partial charge on any atom is 0.253 e. The molecule has 0 bridgehead atoms. The number of amides is 1. The number of hydrogen-bond donors (Lipinski definition) is 0.